The molecule has 1 fully saturated rings. The van der Waals surface area contributed by atoms with E-state index in [1.807, 2.05) is 65.6 Å². The summed E-state index contributed by atoms with van der Waals surface area (Å²) in [5.74, 6) is 0.958. The van der Waals surface area contributed by atoms with Crippen molar-refractivity contribution in [3.63, 3.8) is 0 Å². The minimum Gasteiger partial charge on any atom is -0.388 e. The van der Waals surface area contributed by atoms with Gasteiger partial charge in [0.15, 0.2) is 0 Å². The number of hydrogen-bond donors (Lipinski definition) is 1. The Morgan fingerprint density at radius 2 is 1.70 bits per heavy atom. The van der Waals surface area contributed by atoms with Crippen molar-refractivity contribution in [2.75, 3.05) is 13.1 Å². The van der Waals surface area contributed by atoms with Crippen molar-refractivity contribution in [2.45, 2.75) is 38.3 Å². The molecule has 0 aliphatic carbocycles. The molecule has 1 atom stereocenters. The van der Waals surface area contributed by atoms with Crippen LogP contribution in [-0.4, -0.2) is 49.2 Å². The number of carbonyl (C=O) groups excluding carboxylic acids is 1. The fourth-order valence-electron chi connectivity index (χ4n) is 3.96. The molecule has 1 aliphatic heterocycles. The fraction of sp³-hybridized carbons (Fsp3) is 0.391. The van der Waals surface area contributed by atoms with Crippen LogP contribution in [0.2, 0.25) is 0 Å². The summed E-state index contributed by atoms with van der Waals surface area (Å²) in [6.07, 6.45) is 2.34. The number of amides is 1. The molecule has 0 bridgehead atoms. The highest BCUT2D eigenvalue weighted by molar-refractivity contribution is 5.76. The molecule has 1 amide bonds. The number of hydrogen-bond acceptors (Lipinski definition) is 5. The third-order valence-electron chi connectivity index (χ3n) is 5.71. The van der Waals surface area contributed by atoms with E-state index in [1.54, 1.807) is 4.80 Å². The maximum atomic E-state index is 12.6. The number of piperidine rings is 1. The standard InChI is InChI=1S/C23H27N5O2/c29-21(12-7-15-28-25-23(24-26-28)20-10-5-2-6-11-20)27-16-13-19(14-17-27)22(30)18-8-3-1-4-9-18/h1-6,8-11,19,22,30H,7,12-17H2. The number of aryl methyl sites for hydroxylation is 1. The molecule has 1 aliphatic rings. The Bertz CT molecular complexity index is 936. The second-order valence-electron chi connectivity index (χ2n) is 7.75. The van der Waals surface area contributed by atoms with Gasteiger partial charge in [0.25, 0.3) is 0 Å². The average Bonchev–Trinajstić information content (AvgIpc) is 3.29. The van der Waals surface area contributed by atoms with Crippen LogP contribution in [-0.2, 0) is 11.3 Å². The number of carbonyl (C=O) groups is 1. The Labute approximate surface area is 176 Å². The quantitative estimate of drug-likeness (QED) is 0.653. The largest absolute Gasteiger partial charge is 0.388 e. The summed E-state index contributed by atoms with van der Waals surface area (Å²) in [6.45, 7) is 1.97. The normalized spacial score (nSPS) is 15.8. The first kappa shape index (κ1) is 20.2. The highest BCUT2D eigenvalue weighted by Crippen LogP contribution is 2.30. The molecule has 7 nitrogen and oxygen atoms in total. The van der Waals surface area contributed by atoms with Crippen LogP contribution in [0.15, 0.2) is 60.7 Å². The summed E-state index contributed by atoms with van der Waals surface area (Å²) in [7, 11) is 0. The van der Waals surface area contributed by atoms with Crippen LogP contribution in [0, 0.1) is 5.92 Å². The van der Waals surface area contributed by atoms with Crippen molar-refractivity contribution in [3.05, 3.63) is 66.2 Å². The van der Waals surface area contributed by atoms with Crippen molar-refractivity contribution in [1.82, 2.24) is 25.1 Å². The predicted octanol–water partition coefficient (Wildman–Crippen LogP) is 3.09. The van der Waals surface area contributed by atoms with Gasteiger partial charge in [0.1, 0.15) is 0 Å². The molecule has 30 heavy (non-hydrogen) atoms. The Morgan fingerprint density at radius 1 is 1.03 bits per heavy atom. The van der Waals surface area contributed by atoms with Crippen LogP contribution in [0.4, 0.5) is 0 Å². The lowest BCUT2D eigenvalue weighted by Crippen LogP contribution is -2.39. The Morgan fingerprint density at radius 3 is 2.40 bits per heavy atom. The van der Waals surface area contributed by atoms with E-state index in [0.717, 1.165) is 24.0 Å². The summed E-state index contributed by atoms with van der Waals surface area (Å²) in [6, 6.07) is 19.5. The number of aliphatic hydroxyl groups excluding tert-OH is 1. The molecule has 3 aromatic rings. The van der Waals surface area contributed by atoms with Crippen molar-refractivity contribution in [2.24, 2.45) is 5.92 Å². The van der Waals surface area contributed by atoms with Gasteiger partial charge >= 0.3 is 0 Å². The van der Waals surface area contributed by atoms with Gasteiger partial charge < -0.3 is 10.0 Å². The Hall–Kier alpha value is -3.06. The molecule has 1 saturated heterocycles. The number of nitrogens with zero attached hydrogens (tertiary/aromatic N) is 5. The van der Waals surface area contributed by atoms with E-state index in [-0.39, 0.29) is 11.8 Å². The maximum absolute atomic E-state index is 12.6. The van der Waals surface area contributed by atoms with E-state index in [9.17, 15) is 9.90 Å². The first-order valence-electron chi connectivity index (χ1n) is 10.5. The first-order valence-corrected chi connectivity index (χ1v) is 10.5. The molecule has 1 aromatic heterocycles. The predicted molar refractivity (Wildman–Crippen MR) is 113 cm³/mol. The zero-order valence-electron chi connectivity index (χ0n) is 17.0. The topological polar surface area (TPSA) is 84.1 Å². The lowest BCUT2D eigenvalue weighted by molar-refractivity contribution is -0.133. The van der Waals surface area contributed by atoms with E-state index < -0.39 is 6.10 Å². The molecule has 1 N–H and O–H groups in total. The van der Waals surface area contributed by atoms with Gasteiger partial charge in [-0.3, -0.25) is 4.79 Å². The second-order valence-corrected chi connectivity index (χ2v) is 7.75. The van der Waals surface area contributed by atoms with Crippen LogP contribution >= 0.6 is 0 Å². The lowest BCUT2D eigenvalue weighted by Gasteiger charge is -2.34. The molecule has 0 saturated carbocycles. The molecule has 0 radical (unpaired) electrons. The first-order chi connectivity index (χ1) is 14.7. The zero-order valence-corrected chi connectivity index (χ0v) is 17.0. The highest BCUT2D eigenvalue weighted by atomic mass is 16.3. The Balaban J connectivity index is 1.21. The van der Waals surface area contributed by atoms with Crippen molar-refractivity contribution in [3.8, 4) is 11.4 Å². The molecule has 1 unspecified atom stereocenters. The van der Waals surface area contributed by atoms with Gasteiger partial charge in [0.05, 0.1) is 12.6 Å². The van der Waals surface area contributed by atoms with E-state index >= 15 is 0 Å². The second kappa shape index (κ2) is 9.63. The Kier molecular flexibility index (Phi) is 6.49. The SMILES string of the molecule is O=C(CCCn1nnc(-c2ccccc2)n1)N1CCC(C(O)c2ccccc2)CC1. The summed E-state index contributed by atoms with van der Waals surface area (Å²) in [5.41, 5.74) is 1.89. The monoisotopic (exact) mass is 405 g/mol. The van der Waals surface area contributed by atoms with Crippen molar-refractivity contribution >= 4 is 5.91 Å². The molecule has 2 heterocycles. The van der Waals surface area contributed by atoms with Crippen molar-refractivity contribution in [1.29, 1.82) is 0 Å². The van der Waals surface area contributed by atoms with Gasteiger partial charge in [-0.15, -0.1) is 10.2 Å². The van der Waals surface area contributed by atoms with Gasteiger partial charge in [-0.05, 0) is 36.0 Å². The van der Waals surface area contributed by atoms with Gasteiger partial charge in [0.2, 0.25) is 11.7 Å². The van der Waals surface area contributed by atoms with E-state index in [2.05, 4.69) is 15.4 Å². The zero-order chi connectivity index (χ0) is 20.8. The molecule has 4 rings (SSSR count). The molecule has 7 heteroatoms. The van der Waals surface area contributed by atoms with Crippen LogP contribution in [0.25, 0.3) is 11.4 Å². The number of tetrazole rings is 1. The molecule has 156 valence electrons. The number of likely N-dealkylation sites (tertiary alicyclic amines) is 1. The van der Waals surface area contributed by atoms with E-state index in [0.29, 0.717) is 38.3 Å². The molecular formula is C23H27N5O2. The van der Waals surface area contributed by atoms with Crippen LogP contribution in [0.5, 0.6) is 0 Å². The number of benzene rings is 2. The number of rotatable bonds is 7. The summed E-state index contributed by atoms with van der Waals surface area (Å²) in [4.78, 5) is 16.0. The summed E-state index contributed by atoms with van der Waals surface area (Å²) < 4.78 is 0. The summed E-state index contributed by atoms with van der Waals surface area (Å²) in [5, 5.41) is 23.2. The third kappa shape index (κ3) is 4.91. The van der Waals surface area contributed by atoms with Gasteiger partial charge in [0, 0.05) is 25.1 Å². The van der Waals surface area contributed by atoms with Crippen LogP contribution in [0.1, 0.15) is 37.4 Å². The summed E-state index contributed by atoms with van der Waals surface area (Å²) >= 11 is 0. The highest BCUT2D eigenvalue weighted by Gasteiger charge is 2.28. The van der Waals surface area contributed by atoms with Gasteiger partial charge in [-0.25, -0.2) is 0 Å². The minimum absolute atomic E-state index is 0.158. The molecule has 0 spiro atoms. The average molecular weight is 406 g/mol. The molecule has 2 aromatic carbocycles. The van der Waals surface area contributed by atoms with Gasteiger partial charge in [-0.1, -0.05) is 60.7 Å². The van der Waals surface area contributed by atoms with E-state index in [4.69, 9.17) is 0 Å². The third-order valence-corrected chi connectivity index (χ3v) is 5.71. The maximum Gasteiger partial charge on any atom is 0.222 e. The fourth-order valence-corrected chi connectivity index (χ4v) is 3.96. The number of aromatic nitrogens is 4. The minimum atomic E-state index is -0.458. The van der Waals surface area contributed by atoms with Crippen molar-refractivity contribution < 1.29 is 9.90 Å². The smallest absolute Gasteiger partial charge is 0.222 e. The lowest BCUT2D eigenvalue weighted by atomic mass is 9.87. The molecular weight excluding hydrogens is 378 g/mol. The van der Waals surface area contributed by atoms with Crippen LogP contribution in [0.3, 0.4) is 0 Å². The number of aliphatic hydroxyl groups is 1. The van der Waals surface area contributed by atoms with Gasteiger partial charge in [-0.2, -0.15) is 4.80 Å². The van der Waals surface area contributed by atoms with E-state index in [1.165, 1.54) is 0 Å². The van der Waals surface area contributed by atoms with Crippen LogP contribution < -0.4 is 0 Å².